The number of nitrogens with zero attached hydrogens (tertiary/aromatic N) is 3. The second-order valence-corrected chi connectivity index (χ2v) is 4.03. The molecule has 3 aromatic heterocycles. The van der Waals surface area contributed by atoms with E-state index in [2.05, 4.69) is 9.97 Å². The summed E-state index contributed by atoms with van der Waals surface area (Å²) >= 11 is 0. The Labute approximate surface area is 110 Å². The maximum atomic E-state index is 11.9. The lowest BCUT2D eigenvalue weighted by Gasteiger charge is -2.07. The van der Waals surface area contributed by atoms with E-state index in [-0.39, 0.29) is 0 Å². The summed E-state index contributed by atoms with van der Waals surface area (Å²) in [5.74, 6) is 0. The number of hydrogen-bond donors (Lipinski definition) is 0. The maximum absolute atomic E-state index is 11.9. The van der Waals surface area contributed by atoms with Gasteiger partial charge in [-0.05, 0) is 30.3 Å². The average molecular weight is 249 g/mol. The van der Waals surface area contributed by atoms with Crippen molar-refractivity contribution in [2.45, 2.75) is 0 Å². The highest BCUT2D eigenvalue weighted by Crippen LogP contribution is 2.26. The van der Waals surface area contributed by atoms with Gasteiger partial charge in [0.2, 0.25) is 5.69 Å². The predicted molar refractivity (Wildman–Crippen MR) is 71.9 cm³/mol. The molecule has 0 aliphatic carbocycles. The van der Waals surface area contributed by atoms with Crippen molar-refractivity contribution in [3.63, 3.8) is 0 Å². The number of pyridine rings is 3. The van der Waals surface area contributed by atoms with Crippen LogP contribution in [-0.2, 0) is 0 Å². The SMILES string of the molecule is [O-][n+]1ccccc1-c1ncccc1-c1ccccn1. The molecule has 0 amide bonds. The Morgan fingerprint density at radius 1 is 0.842 bits per heavy atom. The van der Waals surface area contributed by atoms with Crippen molar-refractivity contribution in [2.24, 2.45) is 0 Å². The lowest BCUT2D eigenvalue weighted by molar-refractivity contribution is -0.593. The molecule has 0 spiro atoms. The molecule has 4 heteroatoms. The average Bonchev–Trinajstić information content (AvgIpc) is 2.49. The molecule has 0 aromatic carbocycles. The van der Waals surface area contributed by atoms with Gasteiger partial charge in [-0.15, -0.1) is 0 Å². The third-order valence-corrected chi connectivity index (χ3v) is 2.82. The molecule has 0 bridgehead atoms. The van der Waals surface area contributed by atoms with E-state index in [1.807, 2.05) is 36.4 Å². The van der Waals surface area contributed by atoms with Crippen LogP contribution in [0.15, 0.2) is 67.1 Å². The molecule has 0 saturated carbocycles. The third-order valence-electron chi connectivity index (χ3n) is 2.82. The van der Waals surface area contributed by atoms with Crippen molar-refractivity contribution in [1.82, 2.24) is 9.97 Å². The zero-order valence-electron chi connectivity index (χ0n) is 10.1. The molecule has 3 rings (SSSR count). The van der Waals surface area contributed by atoms with Gasteiger partial charge in [-0.25, -0.2) is 4.98 Å². The van der Waals surface area contributed by atoms with Gasteiger partial charge in [0.1, 0.15) is 5.69 Å². The number of hydrogen-bond acceptors (Lipinski definition) is 3. The van der Waals surface area contributed by atoms with Crippen molar-refractivity contribution in [3.8, 4) is 22.6 Å². The molecule has 4 nitrogen and oxygen atoms in total. The molecule has 3 heterocycles. The lowest BCUT2D eigenvalue weighted by Crippen LogP contribution is -2.28. The summed E-state index contributed by atoms with van der Waals surface area (Å²) in [5, 5.41) is 11.9. The zero-order chi connectivity index (χ0) is 13.1. The van der Waals surface area contributed by atoms with E-state index in [9.17, 15) is 5.21 Å². The van der Waals surface area contributed by atoms with Gasteiger partial charge >= 0.3 is 0 Å². The maximum Gasteiger partial charge on any atom is 0.243 e. The lowest BCUT2D eigenvalue weighted by atomic mass is 10.1. The Morgan fingerprint density at radius 2 is 1.68 bits per heavy atom. The molecule has 3 aromatic rings. The van der Waals surface area contributed by atoms with Gasteiger partial charge in [0.15, 0.2) is 6.20 Å². The smallest absolute Gasteiger partial charge is 0.243 e. The molecule has 0 aliphatic heterocycles. The first kappa shape index (κ1) is 11.3. The summed E-state index contributed by atoms with van der Waals surface area (Å²) in [6.07, 6.45) is 4.86. The van der Waals surface area contributed by atoms with E-state index >= 15 is 0 Å². The molecule has 0 radical (unpaired) electrons. The molecular formula is C15H11N3O. The van der Waals surface area contributed by atoms with Crippen molar-refractivity contribution in [1.29, 1.82) is 0 Å². The van der Waals surface area contributed by atoms with Crippen LogP contribution >= 0.6 is 0 Å². The first-order valence-corrected chi connectivity index (χ1v) is 5.91. The van der Waals surface area contributed by atoms with Gasteiger partial charge in [-0.2, -0.15) is 4.73 Å². The minimum atomic E-state index is 0.517. The van der Waals surface area contributed by atoms with Crippen LogP contribution < -0.4 is 4.73 Å². The van der Waals surface area contributed by atoms with Crippen LogP contribution in [0.3, 0.4) is 0 Å². The van der Waals surface area contributed by atoms with Gasteiger partial charge < -0.3 is 5.21 Å². The van der Waals surface area contributed by atoms with Crippen LogP contribution in [0.4, 0.5) is 0 Å². The Hall–Kier alpha value is -2.75. The molecule has 0 atom stereocenters. The van der Waals surface area contributed by atoms with Crippen LogP contribution in [0, 0.1) is 5.21 Å². The Kier molecular flexibility index (Phi) is 2.90. The summed E-state index contributed by atoms with van der Waals surface area (Å²) in [4.78, 5) is 8.64. The molecule has 92 valence electrons. The normalized spacial score (nSPS) is 10.3. The van der Waals surface area contributed by atoms with Crippen LogP contribution in [-0.4, -0.2) is 9.97 Å². The number of aromatic nitrogens is 3. The quantitative estimate of drug-likeness (QED) is 0.517. The summed E-state index contributed by atoms with van der Waals surface area (Å²) in [6, 6.07) is 14.7. The highest BCUT2D eigenvalue weighted by molar-refractivity contribution is 5.75. The van der Waals surface area contributed by atoms with E-state index in [0.717, 1.165) is 16.0 Å². The predicted octanol–water partition coefficient (Wildman–Crippen LogP) is 2.44. The minimum Gasteiger partial charge on any atom is -0.618 e. The monoisotopic (exact) mass is 249 g/mol. The molecule has 0 N–H and O–H groups in total. The minimum absolute atomic E-state index is 0.517. The second-order valence-electron chi connectivity index (χ2n) is 4.03. The molecule has 0 saturated heterocycles. The van der Waals surface area contributed by atoms with Gasteiger partial charge in [0.05, 0.1) is 5.69 Å². The molecule has 0 fully saturated rings. The van der Waals surface area contributed by atoms with Crippen molar-refractivity contribution in [2.75, 3.05) is 0 Å². The second kappa shape index (κ2) is 4.86. The van der Waals surface area contributed by atoms with Crippen molar-refractivity contribution < 1.29 is 4.73 Å². The topological polar surface area (TPSA) is 52.7 Å². The molecular weight excluding hydrogens is 238 g/mol. The molecule has 0 unspecified atom stereocenters. The van der Waals surface area contributed by atoms with Crippen LogP contribution in [0.1, 0.15) is 0 Å². The van der Waals surface area contributed by atoms with E-state index in [4.69, 9.17) is 0 Å². The van der Waals surface area contributed by atoms with Gasteiger partial charge in [-0.3, -0.25) is 4.98 Å². The largest absolute Gasteiger partial charge is 0.618 e. The zero-order valence-corrected chi connectivity index (χ0v) is 10.1. The van der Waals surface area contributed by atoms with Crippen LogP contribution in [0.5, 0.6) is 0 Å². The summed E-state index contributed by atoms with van der Waals surface area (Å²) < 4.78 is 0.814. The third kappa shape index (κ3) is 2.15. The Balaban J connectivity index is 2.21. The highest BCUT2D eigenvalue weighted by atomic mass is 16.5. The van der Waals surface area contributed by atoms with E-state index in [1.54, 1.807) is 24.5 Å². The van der Waals surface area contributed by atoms with Crippen molar-refractivity contribution in [3.05, 3.63) is 72.3 Å². The standard InChI is InChI=1S/C15H11N3O/c19-18-11-4-2-8-14(18)15-12(6-5-10-17-15)13-7-1-3-9-16-13/h1-11H. The molecule has 19 heavy (non-hydrogen) atoms. The van der Waals surface area contributed by atoms with E-state index < -0.39 is 0 Å². The summed E-state index contributed by atoms with van der Waals surface area (Å²) in [7, 11) is 0. The summed E-state index contributed by atoms with van der Waals surface area (Å²) in [5.41, 5.74) is 2.80. The van der Waals surface area contributed by atoms with E-state index in [1.165, 1.54) is 6.20 Å². The fraction of sp³-hybridized carbons (Fsp3) is 0. The van der Waals surface area contributed by atoms with Gasteiger partial charge in [0.25, 0.3) is 0 Å². The van der Waals surface area contributed by atoms with Crippen LogP contribution in [0.25, 0.3) is 22.6 Å². The first-order chi connectivity index (χ1) is 9.36. The Morgan fingerprint density at radius 3 is 2.47 bits per heavy atom. The fourth-order valence-corrected chi connectivity index (χ4v) is 1.95. The number of rotatable bonds is 2. The van der Waals surface area contributed by atoms with Gasteiger partial charge in [0, 0.05) is 30.1 Å². The molecule has 0 aliphatic rings. The Bertz CT molecular complexity index is 699. The van der Waals surface area contributed by atoms with E-state index in [0.29, 0.717) is 11.4 Å². The highest BCUT2D eigenvalue weighted by Gasteiger charge is 2.15. The first-order valence-electron chi connectivity index (χ1n) is 5.91. The van der Waals surface area contributed by atoms with Gasteiger partial charge in [-0.1, -0.05) is 6.07 Å². The van der Waals surface area contributed by atoms with Crippen molar-refractivity contribution >= 4 is 0 Å². The van der Waals surface area contributed by atoms with Crippen LogP contribution in [0.2, 0.25) is 0 Å². The summed E-state index contributed by atoms with van der Waals surface area (Å²) in [6.45, 7) is 0. The fourth-order valence-electron chi connectivity index (χ4n) is 1.95.